The van der Waals surface area contributed by atoms with Gasteiger partial charge >= 0.3 is 0 Å². The average molecular weight is 355 g/mol. The van der Waals surface area contributed by atoms with Crippen molar-refractivity contribution in [2.45, 2.75) is 32.8 Å². The topological polar surface area (TPSA) is 56.8 Å². The van der Waals surface area contributed by atoms with E-state index in [4.69, 9.17) is 14.2 Å². The summed E-state index contributed by atoms with van der Waals surface area (Å²) in [5.41, 5.74) is 2.90. The maximum absolute atomic E-state index is 12.1. The number of rotatable bonds is 7. The first-order chi connectivity index (χ1) is 12.6. The van der Waals surface area contributed by atoms with Gasteiger partial charge in [0.2, 0.25) is 0 Å². The number of amides is 1. The molecule has 0 spiro atoms. The lowest BCUT2D eigenvalue weighted by atomic mass is 10.1. The predicted octanol–water partition coefficient (Wildman–Crippen LogP) is 3.88. The van der Waals surface area contributed by atoms with E-state index < -0.39 is 0 Å². The number of carbonyl (C=O) groups excluding carboxylic acids is 1. The summed E-state index contributed by atoms with van der Waals surface area (Å²) in [5.74, 6) is 1.30. The van der Waals surface area contributed by atoms with Gasteiger partial charge in [0.15, 0.2) is 6.61 Å². The quantitative estimate of drug-likeness (QED) is 0.819. The second kappa shape index (κ2) is 8.72. The summed E-state index contributed by atoms with van der Waals surface area (Å²) in [6.07, 6.45) is 2.34. The zero-order chi connectivity index (χ0) is 18.4. The van der Waals surface area contributed by atoms with E-state index in [1.54, 1.807) is 0 Å². The number of carbonyl (C=O) groups is 1. The van der Waals surface area contributed by atoms with Crippen molar-refractivity contribution >= 4 is 11.6 Å². The van der Waals surface area contributed by atoms with Crippen LogP contribution in [0.4, 0.5) is 5.69 Å². The van der Waals surface area contributed by atoms with Crippen molar-refractivity contribution in [1.82, 2.24) is 0 Å². The van der Waals surface area contributed by atoms with Crippen molar-refractivity contribution in [2.24, 2.45) is 0 Å². The van der Waals surface area contributed by atoms with E-state index >= 15 is 0 Å². The molecule has 0 saturated carbocycles. The van der Waals surface area contributed by atoms with Crippen LogP contribution < -0.4 is 14.8 Å². The number of hydrogen-bond donors (Lipinski definition) is 1. The summed E-state index contributed by atoms with van der Waals surface area (Å²) < 4.78 is 16.8. The Morgan fingerprint density at radius 3 is 2.65 bits per heavy atom. The fourth-order valence-electron chi connectivity index (χ4n) is 2.90. The molecular weight excluding hydrogens is 330 g/mol. The Balaban J connectivity index is 1.44. The first-order valence-corrected chi connectivity index (χ1v) is 8.94. The number of benzene rings is 2. The molecule has 2 aromatic rings. The Hall–Kier alpha value is -2.53. The SMILES string of the molecule is Cc1ccc(OCC(=O)Nc2ccc(OCC3CCCO3)cc2)c(C)c1. The molecule has 1 aliphatic rings. The van der Waals surface area contributed by atoms with E-state index in [9.17, 15) is 4.79 Å². The van der Waals surface area contributed by atoms with Gasteiger partial charge < -0.3 is 19.5 Å². The van der Waals surface area contributed by atoms with Crippen molar-refractivity contribution in [1.29, 1.82) is 0 Å². The van der Waals surface area contributed by atoms with Gasteiger partial charge in [-0.1, -0.05) is 17.7 Å². The van der Waals surface area contributed by atoms with Gasteiger partial charge in [0.1, 0.15) is 18.1 Å². The Bertz CT molecular complexity index is 736. The van der Waals surface area contributed by atoms with E-state index in [1.165, 1.54) is 5.56 Å². The van der Waals surface area contributed by atoms with Gasteiger partial charge in [-0.25, -0.2) is 0 Å². The van der Waals surface area contributed by atoms with E-state index in [1.807, 2.05) is 56.3 Å². The third-order valence-corrected chi connectivity index (χ3v) is 4.29. The Morgan fingerprint density at radius 2 is 1.96 bits per heavy atom. The molecule has 26 heavy (non-hydrogen) atoms. The molecule has 0 bridgehead atoms. The first-order valence-electron chi connectivity index (χ1n) is 8.94. The summed E-state index contributed by atoms with van der Waals surface area (Å²) >= 11 is 0. The van der Waals surface area contributed by atoms with Gasteiger partial charge in [-0.3, -0.25) is 4.79 Å². The number of aryl methyl sites for hydroxylation is 2. The molecule has 1 aliphatic heterocycles. The molecule has 1 amide bonds. The van der Waals surface area contributed by atoms with Crippen molar-refractivity contribution in [3.05, 3.63) is 53.6 Å². The van der Waals surface area contributed by atoms with Crippen LogP contribution in [-0.4, -0.2) is 31.8 Å². The first kappa shape index (κ1) is 18.3. The number of anilines is 1. The van der Waals surface area contributed by atoms with Crippen molar-refractivity contribution in [3.63, 3.8) is 0 Å². The number of hydrogen-bond acceptors (Lipinski definition) is 4. The predicted molar refractivity (Wildman–Crippen MR) is 101 cm³/mol. The second-order valence-corrected chi connectivity index (χ2v) is 6.58. The molecule has 2 aromatic carbocycles. The van der Waals surface area contributed by atoms with Crippen LogP contribution in [-0.2, 0) is 9.53 Å². The van der Waals surface area contributed by atoms with Crippen LogP contribution in [0.1, 0.15) is 24.0 Å². The summed E-state index contributed by atoms with van der Waals surface area (Å²) in [5, 5.41) is 2.82. The molecule has 1 N–H and O–H groups in total. The molecule has 1 heterocycles. The van der Waals surface area contributed by atoms with Crippen LogP contribution >= 0.6 is 0 Å². The molecule has 1 unspecified atom stereocenters. The highest BCUT2D eigenvalue weighted by Gasteiger charge is 2.15. The maximum Gasteiger partial charge on any atom is 0.262 e. The molecule has 5 nitrogen and oxygen atoms in total. The molecule has 138 valence electrons. The third kappa shape index (κ3) is 5.23. The molecule has 3 rings (SSSR count). The molecular formula is C21H25NO4. The van der Waals surface area contributed by atoms with Crippen molar-refractivity contribution < 1.29 is 19.0 Å². The molecule has 0 radical (unpaired) electrons. The zero-order valence-electron chi connectivity index (χ0n) is 15.3. The lowest BCUT2D eigenvalue weighted by molar-refractivity contribution is -0.118. The summed E-state index contributed by atoms with van der Waals surface area (Å²) in [4.78, 5) is 12.1. The fourth-order valence-corrected chi connectivity index (χ4v) is 2.90. The normalized spacial score (nSPS) is 16.3. The fraction of sp³-hybridized carbons (Fsp3) is 0.381. The molecule has 1 atom stereocenters. The van der Waals surface area contributed by atoms with Crippen LogP contribution in [0.2, 0.25) is 0 Å². The summed E-state index contributed by atoms with van der Waals surface area (Å²) in [6, 6.07) is 13.2. The van der Waals surface area contributed by atoms with Crippen LogP contribution in [0.5, 0.6) is 11.5 Å². The van der Waals surface area contributed by atoms with Crippen LogP contribution in [0.25, 0.3) is 0 Å². The Labute approximate surface area is 154 Å². The Morgan fingerprint density at radius 1 is 1.15 bits per heavy atom. The molecule has 0 aliphatic carbocycles. The maximum atomic E-state index is 12.1. The summed E-state index contributed by atoms with van der Waals surface area (Å²) in [6.45, 7) is 5.35. The van der Waals surface area contributed by atoms with Gasteiger partial charge in [0.25, 0.3) is 5.91 Å². The van der Waals surface area contributed by atoms with E-state index in [2.05, 4.69) is 5.32 Å². The van der Waals surface area contributed by atoms with Gasteiger partial charge in [0, 0.05) is 12.3 Å². The van der Waals surface area contributed by atoms with Gasteiger partial charge in [0.05, 0.1) is 6.10 Å². The highest BCUT2D eigenvalue weighted by atomic mass is 16.5. The second-order valence-electron chi connectivity index (χ2n) is 6.58. The van der Waals surface area contributed by atoms with E-state index in [0.717, 1.165) is 36.5 Å². The smallest absolute Gasteiger partial charge is 0.262 e. The minimum absolute atomic E-state index is 0.0266. The average Bonchev–Trinajstić information content (AvgIpc) is 3.14. The van der Waals surface area contributed by atoms with Crippen LogP contribution in [0.3, 0.4) is 0 Å². The highest BCUT2D eigenvalue weighted by Crippen LogP contribution is 2.20. The van der Waals surface area contributed by atoms with Crippen molar-refractivity contribution in [3.8, 4) is 11.5 Å². The van der Waals surface area contributed by atoms with Crippen LogP contribution in [0.15, 0.2) is 42.5 Å². The van der Waals surface area contributed by atoms with Gasteiger partial charge in [-0.05, 0) is 62.6 Å². The minimum atomic E-state index is -0.196. The van der Waals surface area contributed by atoms with Crippen molar-refractivity contribution in [2.75, 3.05) is 25.1 Å². The monoisotopic (exact) mass is 355 g/mol. The third-order valence-electron chi connectivity index (χ3n) is 4.29. The standard InChI is InChI=1S/C21H25NO4/c1-15-5-10-20(16(2)12-15)26-14-21(23)22-17-6-8-18(9-7-17)25-13-19-4-3-11-24-19/h5-10,12,19H,3-4,11,13-14H2,1-2H3,(H,22,23). The molecule has 1 fully saturated rings. The molecule has 1 saturated heterocycles. The summed E-state index contributed by atoms with van der Waals surface area (Å²) in [7, 11) is 0. The molecule has 5 heteroatoms. The van der Waals surface area contributed by atoms with Gasteiger partial charge in [-0.15, -0.1) is 0 Å². The van der Waals surface area contributed by atoms with Gasteiger partial charge in [-0.2, -0.15) is 0 Å². The lowest BCUT2D eigenvalue weighted by Crippen LogP contribution is -2.20. The minimum Gasteiger partial charge on any atom is -0.491 e. The zero-order valence-corrected chi connectivity index (χ0v) is 15.3. The van der Waals surface area contributed by atoms with E-state index in [0.29, 0.717) is 12.3 Å². The van der Waals surface area contributed by atoms with E-state index in [-0.39, 0.29) is 18.6 Å². The highest BCUT2D eigenvalue weighted by molar-refractivity contribution is 5.91. The number of ether oxygens (including phenoxy) is 3. The molecule has 0 aromatic heterocycles. The Kier molecular flexibility index (Phi) is 6.12. The largest absolute Gasteiger partial charge is 0.491 e. The number of nitrogens with one attached hydrogen (secondary N) is 1. The van der Waals surface area contributed by atoms with Crippen LogP contribution in [0, 0.1) is 13.8 Å². The lowest BCUT2D eigenvalue weighted by Gasteiger charge is -2.12.